The van der Waals surface area contributed by atoms with Crippen LogP contribution in [0.15, 0.2) is 29.6 Å². The van der Waals surface area contributed by atoms with Crippen molar-refractivity contribution in [2.45, 2.75) is 37.7 Å². The van der Waals surface area contributed by atoms with Crippen molar-refractivity contribution in [2.24, 2.45) is 11.5 Å². The maximum atomic E-state index is 12.8. The molecule has 0 unspecified atom stereocenters. The Morgan fingerprint density at radius 3 is 1.79 bits per heavy atom. The van der Waals surface area contributed by atoms with E-state index in [-0.39, 0.29) is 23.0 Å². The summed E-state index contributed by atoms with van der Waals surface area (Å²) in [6.45, 7) is 0.558. The number of carbonyl (C=O) groups excluding carboxylic acids is 3. The number of thiophene rings is 1. The van der Waals surface area contributed by atoms with E-state index in [2.05, 4.69) is 5.32 Å². The monoisotopic (exact) mass is 585 g/mol. The summed E-state index contributed by atoms with van der Waals surface area (Å²) in [4.78, 5) is 55.7. The van der Waals surface area contributed by atoms with E-state index in [1.165, 1.54) is 0 Å². The predicted octanol–water partition coefficient (Wildman–Crippen LogP) is 3.18. The quantitative estimate of drug-likeness (QED) is 0.214. The molecule has 1 aromatic carbocycles. The van der Waals surface area contributed by atoms with Crippen LogP contribution in [-0.4, -0.2) is 64.6 Å². The van der Waals surface area contributed by atoms with E-state index in [0.717, 1.165) is 24.2 Å². The van der Waals surface area contributed by atoms with Gasteiger partial charge in [0.2, 0.25) is 11.7 Å². The number of aliphatic carboxylic acids is 2. The van der Waals surface area contributed by atoms with Crippen LogP contribution in [-0.2, 0) is 14.4 Å². The number of rotatable bonds is 6. The summed E-state index contributed by atoms with van der Waals surface area (Å²) in [5.41, 5.74) is 12.7. The number of ketones is 2. The van der Waals surface area contributed by atoms with Gasteiger partial charge in [-0.3, -0.25) is 14.4 Å². The first-order chi connectivity index (χ1) is 17.9. The Hall–Kier alpha value is -3.83. The maximum Gasteiger partial charge on any atom is 0.490 e. The first kappa shape index (κ1) is 33.2. The Balaban J connectivity index is 0.000000449. The number of halogens is 6. The number of unbranched alkanes of at least 4 members (excludes halogenated alkanes) is 1. The van der Waals surface area contributed by atoms with Crippen LogP contribution in [0, 0.1) is 0 Å². The first-order valence-electron chi connectivity index (χ1n) is 10.6. The van der Waals surface area contributed by atoms with Gasteiger partial charge in [-0.05, 0) is 19.4 Å². The number of fused-ring (bicyclic) bond motifs is 2. The van der Waals surface area contributed by atoms with E-state index < -0.39 is 30.3 Å². The van der Waals surface area contributed by atoms with Crippen LogP contribution in [0.5, 0.6) is 0 Å². The standard InChI is InChI=1S/C18H19N3O3S.2C2HF3O2/c19-8-4-3-7-12(20)18(24)21-13-9-25-17-14(13)15(22)10-5-1-2-6-11(10)16(17)23;2*3-2(4,5)1(6)7/h1-2,5-6,9,12H,3-4,7-8,19-20H2,(H,21,24);2*(H,6,7)/t12-;;/m0../s1. The molecule has 214 valence electrons. The number of hydrogen-bond donors (Lipinski definition) is 5. The zero-order valence-electron chi connectivity index (χ0n) is 19.6. The fourth-order valence-electron chi connectivity index (χ4n) is 2.84. The number of amides is 1. The lowest BCUT2D eigenvalue weighted by Gasteiger charge is -2.16. The van der Waals surface area contributed by atoms with Crippen LogP contribution in [0.25, 0.3) is 0 Å². The van der Waals surface area contributed by atoms with Crippen molar-refractivity contribution in [1.82, 2.24) is 0 Å². The lowest BCUT2D eigenvalue weighted by molar-refractivity contribution is -0.193. The number of carboxylic acid groups (broad SMARTS) is 2. The third kappa shape index (κ3) is 9.45. The number of alkyl halides is 6. The molecule has 17 heteroatoms. The van der Waals surface area contributed by atoms with Crippen molar-refractivity contribution < 1.29 is 60.5 Å². The van der Waals surface area contributed by atoms with Crippen molar-refractivity contribution in [3.05, 3.63) is 51.2 Å². The van der Waals surface area contributed by atoms with E-state index in [1.54, 1.807) is 29.6 Å². The fourth-order valence-corrected chi connectivity index (χ4v) is 3.79. The summed E-state index contributed by atoms with van der Waals surface area (Å²) in [7, 11) is 0. The van der Waals surface area contributed by atoms with Crippen LogP contribution < -0.4 is 16.8 Å². The summed E-state index contributed by atoms with van der Waals surface area (Å²) < 4.78 is 63.5. The average molecular weight is 585 g/mol. The first-order valence-corrected chi connectivity index (χ1v) is 11.5. The Kier molecular flexibility index (Phi) is 11.8. The van der Waals surface area contributed by atoms with Gasteiger partial charge in [0.05, 0.1) is 22.2 Å². The van der Waals surface area contributed by atoms with Gasteiger partial charge >= 0.3 is 24.3 Å². The Morgan fingerprint density at radius 2 is 1.36 bits per heavy atom. The molecular formula is C22H21F6N3O7S. The molecule has 1 aliphatic rings. The van der Waals surface area contributed by atoms with Gasteiger partial charge in [-0.15, -0.1) is 11.3 Å². The number of nitrogens with one attached hydrogen (secondary N) is 1. The van der Waals surface area contributed by atoms with Crippen molar-refractivity contribution >= 4 is 46.4 Å². The largest absolute Gasteiger partial charge is 0.490 e. The summed E-state index contributed by atoms with van der Waals surface area (Å²) in [6, 6.07) is 6.03. The van der Waals surface area contributed by atoms with Gasteiger partial charge in [-0.2, -0.15) is 26.3 Å². The number of carbonyl (C=O) groups is 5. The second-order valence-corrected chi connectivity index (χ2v) is 8.42. The Bertz CT molecular complexity index is 1200. The third-order valence-electron chi connectivity index (χ3n) is 4.69. The minimum absolute atomic E-state index is 0.192. The van der Waals surface area contributed by atoms with Gasteiger partial charge in [0, 0.05) is 16.5 Å². The van der Waals surface area contributed by atoms with Gasteiger partial charge in [0.15, 0.2) is 5.78 Å². The summed E-state index contributed by atoms with van der Waals surface area (Å²) in [5, 5.41) is 18.6. The summed E-state index contributed by atoms with van der Waals surface area (Å²) >= 11 is 1.16. The molecule has 0 saturated heterocycles. The van der Waals surface area contributed by atoms with Crippen LogP contribution in [0.3, 0.4) is 0 Å². The van der Waals surface area contributed by atoms with Gasteiger partial charge in [0.1, 0.15) is 0 Å². The molecule has 0 bridgehead atoms. The predicted molar refractivity (Wildman–Crippen MR) is 125 cm³/mol. The smallest absolute Gasteiger partial charge is 0.475 e. The van der Waals surface area contributed by atoms with Crippen LogP contribution in [0.1, 0.15) is 50.4 Å². The van der Waals surface area contributed by atoms with E-state index in [1.807, 2.05) is 0 Å². The second-order valence-electron chi connectivity index (χ2n) is 7.54. The van der Waals surface area contributed by atoms with E-state index in [4.69, 9.17) is 31.3 Å². The number of hydrogen-bond acceptors (Lipinski definition) is 8. The van der Waals surface area contributed by atoms with E-state index >= 15 is 0 Å². The molecule has 3 rings (SSSR count). The summed E-state index contributed by atoms with van der Waals surface area (Å²) in [6.07, 6.45) is -8.08. The average Bonchev–Trinajstić information content (AvgIpc) is 3.26. The lowest BCUT2D eigenvalue weighted by Crippen LogP contribution is -2.36. The summed E-state index contributed by atoms with van der Waals surface area (Å²) in [5.74, 6) is -6.32. The number of anilines is 1. The van der Waals surface area contributed by atoms with Crippen molar-refractivity contribution in [2.75, 3.05) is 11.9 Å². The molecule has 2 aromatic rings. The maximum absolute atomic E-state index is 12.8. The van der Waals surface area contributed by atoms with Crippen LogP contribution in [0.4, 0.5) is 32.0 Å². The van der Waals surface area contributed by atoms with Crippen LogP contribution >= 0.6 is 11.3 Å². The molecule has 0 aliphatic heterocycles. The van der Waals surface area contributed by atoms with Crippen molar-refractivity contribution in [1.29, 1.82) is 0 Å². The highest BCUT2D eigenvalue weighted by Gasteiger charge is 2.39. The normalized spacial score (nSPS) is 13.0. The topological polar surface area (TPSA) is 190 Å². The molecule has 0 spiro atoms. The molecular weight excluding hydrogens is 564 g/mol. The van der Waals surface area contributed by atoms with Crippen LogP contribution in [0.2, 0.25) is 0 Å². The molecule has 10 nitrogen and oxygen atoms in total. The molecule has 1 amide bonds. The SMILES string of the molecule is NCCCC[C@H](N)C(=O)Nc1csc2c1C(=O)c1ccccc1C2=O.O=C(O)C(F)(F)F.O=C(O)C(F)(F)F. The molecule has 1 heterocycles. The molecule has 1 aliphatic carbocycles. The highest BCUT2D eigenvalue weighted by atomic mass is 32.1. The highest BCUT2D eigenvalue weighted by Crippen LogP contribution is 2.36. The van der Waals surface area contributed by atoms with E-state index in [0.29, 0.717) is 34.7 Å². The Labute approximate surface area is 219 Å². The molecule has 1 aromatic heterocycles. The van der Waals surface area contributed by atoms with Gasteiger partial charge in [0.25, 0.3) is 0 Å². The minimum atomic E-state index is -5.08. The lowest BCUT2D eigenvalue weighted by atomic mass is 9.88. The van der Waals surface area contributed by atoms with E-state index in [9.17, 15) is 40.7 Å². The second kappa shape index (κ2) is 13.8. The Morgan fingerprint density at radius 1 is 0.897 bits per heavy atom. The minimum Gasteiger partial charge on any atom is -0.475 e. The molecule has 39 heavy (non-hydrogen) atoms. The molecule has 0 saturated carbocycles. The molecule has 0 radical (unpaired) electrons. The molecule has 7 N–H and O–H groups in total. The molecule has 0 fully saturated rings. The van der Waals surface area contributed by atoms with Gasteiger partial charge < -0.3 is 27.0 Å². The zero-order valence-corrected chi connectivity index (χ0v) is 20.4. The fraction of sp³-hybridized carbons (Fsp3) is 0.318. The van der Waals surface area contributed by atoms with Gasteiger partial charge in [-0.25, -0.2) is 9.59 Å². The van der Waals surface area contributed by atoms with Gasteiger partial charge in [-0.1, -0.05) is 30.7 Å². The third-order valence-corrected chi connectivity index (χ3v) is 5.67. The van der Waals surface area contributed by atoms with Crippen molar-refractivity contribution in [3.8, 4) is 0 Å². The zero-order chi connectivity index (χ0) is 30.1. The number of carboxylic acids is 2. The number of benzene rings is 1. The van der Waals surface area contributed by atoms with Crippen molar-refractivity contribution in [3.63, 3.8) is 0 Å². The highest BCUT2D eigenvalue weighted by molar-refractivity contribution is 7.13. The number of nitrogens with two attached hydrogens (primary N) is 2. The molecule has 1 atom stereocenters.